The molecule has 4 rings (SSSR count). The zero-order valence-corrected chi connectivity index (χ0v) is 22.5. The Morgan fingerprint density at radius 3 is 1.53 bits per heavy atom. The lowest BCUT2D eigenvalue weighted by molar-refractivity contribution is -0.121. The third-order valence-electron chi connectivity index (χ3n) is 6.77. The van der Waals surface area contributed by atoms with Gasteiger partial charge in [0, 0.05) is 11.8 Å². The van der Waals surface area contributed by atoms with E-state index in [1.165, 1.54) is 25.7 Å². The van der Waals surface area contributed by atoms with Crippen molar-refractivity contribution in [3.63, 3.8) is 0 Å². The third-order valence-corrected chi connectivity index (χ3v) is 8.01. The molecule has 172 valence electrons. The van der Waals surface area contributed by atoms with Gasteiger partial charge < -0.3 is 9.47 Å². The van der Waals surface area contributed by atoms with Crippen LogP contribution in [0.2, 0.25) is 0 Å². The molecule has 0 amide bonds. The molecule has 0 aliphatic heterocycles. The maximum atomic E-state index is 13.5. The van der Waals surface area contributed by atoms with Gasteiger partial charge >= 0.3 is 0 Å². The summed E-state index contributed by atoms with van der Waals surface area (Å²) in [6.45, 7) is 9.70. The Hall–Kier alpha value is -1.33. The highest BCUT2D eigenvalue weighted by Crippen LogP contribution is 2.39. The van der Waals surface area contributed by atoms with E-state index in [9.17, 15) is 4.79 Å². The van der Waals surface area contributed by atoms with Gasteiger partial charge in [-0.2, -0.15) is 0 Å². The molecule has 0 bridgehead atoms. The van der Waals surface area contributed by atoms with E-state index in [-0.39, 0.29) is 17.6 Å². The predicted octanol–water partition coefficient (Wildman–Crippen LogP) is 7.88. The number of carbonyl (C=O) groups is 1. The molecule has 2 aromatic rings. The van der Waals surface area contributed by atoms with Gasteiger partial charge in [0.25, 0.3) is 0 Å². The van der Waals surface area contributed by atoms with Crippen molar-refractivity contribution in [3.8, 4) is 11.5 Å². The minimum atomic E-state index is -0.206. The van der Waals surface area contributed by atoms with Crippen molar-refractivity contribution in [1.29, 1.82) is 0 Å². The summed E-state index contributed by atoms with van der Waals surface area (Å²) in [7, 11) is 0. The van der Waals surface area contributed by atoms with Gasteiger partial charge in [0.05, 0.1) is 22.2 Å². The fourth-order valence-corrected chi connectivity index (χ4v) is 5.11. The lowest BCUT2D eigenvalue weighted by Gasteiger charge is -2.22. The first-order chi connectivity index (χ1) is 15.2. The summed E-state index contributed by atoms with van der Waals surface area (Å²) in [5.41, 5.74) is 4.28. The van der Waals surface area contributed by atoms with E-state index in [2.05, 4.69) is 70.0 Å². The highest BCUT2D eigenvalue weighted by Gasteiger charge is 2.28. The standard InChI is InChI=1S/C27H32Br2O3/c1-15-9-25(31-13-19-5-6-19)23(28)11-21(15)17(3)27(30)18(4)22-12-24(29)26(10-16(22)2)32-14-20-7-8-20/h9-12,17-20H,5-8,13-14H2,1-4H3. The fourth-order valence-electron chi connectivity index (χ4n) is 4.16. The number of ether oxygens (including phenoxy) is 2. The lowest BCUT2D eigenvalue weighted by Crippen LogP contribution is -2.18. The number of hydrogen-bond donors (Lipinski definition) is 0. The minimum Gasteiger partial charge on any atom is -0.492 e. The molecule has 0 radical (unpaired) electrons. The van der Waals surface area contributed by atoms with Crippen LogP contribution < -0.4 is 9.47 Å². The average Bonchev–Trinajstić information content (AvgIpc) is 3.67. The SMILES string of the molecule is Cc1cc(OCC2CC2)c(Br)cc1C(C)C(=O)C(C)c1cc(Br)c(OCC2CC2)cc1C. The monoisotopic (exact) mass is 562 g/mol. The minimum absolute atomic E-state index is 0.206. The molecule has 2 unspecified atom stereocenters. The van der Waals surface area contributed by atoms with Crippen molar-refractivity contribution < 1.29 is 14.3 Å². The molecule has 2 aliphatic rings. The van der Waals surface area contributed by atoms with Crippen LogP contribution in [0.4, 0.5) is 0 Å². The molecular formula is C27H32Br2O3. The van der Waals surface area contributed by atoms with E-state index in [0.29, 0.717) is 11.8 Å². The number of hydrogen-bond acceptors (Lipinski definition) is 3. The molecular weight excluding hydrogens is 532 g/mol. The van der Waals surface area contributed by atoms with Gasteiger partial charge in [-0.3, -0.25) is 4.79 Å². The van der Waals surface area contributed by atoms with Crippen molar-refractivity contribution in [1.82, 2.24) is 0 Å². The molecule has 0 aromatic heterocycles. The molecule has 0 saturated heterocycles. The first-order valence-corrected chi connectivity index (χ1v) is 13.2. The first kappa shape index (κ1) is 23.8. The van der Waals surface area contributed by atoms with Crippen LogP contribution in [0.5, 0.6) is 11.5 Å². The van der Waals surface area contributed by atoms with Crippen LogP contribution in [0.25, 0.3) is 0 Å². The number of carbonyl (C=O) groups excluding carboxylic acids is 1. The molecule has 2 saturated carbocycles. The van der Waals surface area contributed by atoms with E-state index >= 15 is 0 Å². The summed E-state index contributed by atoms with van der Waals surface area (Å²) < 4.78 is 13.8. The van der Waals surface area contributed by atoms with Gasteiger partial charge in [0.15, 0.2) is 0 Å². The van der Waals surface area contributed by atoms with Crippen molar-refractivity contribution in [3.05, 3.63) is 55.5 Å². The Morgan fingerprint density at radius 2 is 1.19 bits per heavy atom. The first-order valence-electron chi connectivity index (χ1n) is 11.6. The molecule has 0 N–H and O–H groups in total. The molecule has 0 heterocycles. The summed E-state index contributed by atoms with van der Waals surface area (Å²) in [5, 5.41) is 0. The predicted molar refractivity (Wildman–Crippen MR) is 136 cm³/mol. The van der Waals surface area contributed by atoms with Crippen LogP contribution in [-0.4, -0.2) is 19.0 Å². The second kappa shape index (κ2) is 9.89. The topological polar surface area (TPSA) is 35.5 Å². The van der Waals surface area contributed by atoms with Crippen LogP contribution in [0.3, 0.4) is 0 Å². The Labute approximate surface area is 208 Å². The van der Waals surface area contributed by atoms with Crippen molar-refractivity contribution in [2.45, 2.75) is 65.2 Å². The molecule has 5 heteroatoms. The smallest absolute Gasteiger partial charge is 0.147 e. The fraction of sp³-hybridized carbons (Fsp3) is 0.519. The number of Topliss-reactive ketones (excluding diaryl/α,β-unsaturated/α-hetero) is 1. The van der Waals surface area contributed by atoms with Crippen LogP contribution >= 0.6 is 31.9 Å². The average molecular weight is 564 g/mol. The highest BCUT2D eigenvalue weighted by molar-refractivity contribution is 9.10. The van der Waals surface area contributed by atoms with Gasteiger partial charge in [-0.1, -0.05) is 13.8 Å². The van der Waals surface area contributed by atoms with E-state index in [1.807, 2.05) is 13.8 Å². The maximum Gasteiger partial charge on any atom is 0.147 e. The van der Waals surface area contributed by atoms with Gasteiger partial charge in [-0.05, 0) is 130 Å². The molecule has 32 heavy (non-hydrogen) atoms. The zero-order valence-electron chi connectivity index (χ0n) is 19.3. The van der Waals surface area contributed by atoms with E-state index in [4.69, 9.17) is 9.47 Å². The summed E-state index contributed by atoms with van der Waals surface area (Å²) in [4.78, 5) is 13.5. The molecule has 2 atom stereocenters. The van der Waals surface area contributed by atoms with Crippen LogP contribution in [0, 0.1) is 25.7 Å². The normalized spacial score (nSPS) is 17.7. The maximum absolute atomic E-state index is 13.5. The summed E-state index contributed by atoms with van der Waals surface area (Å²) in [5.74, 6) is 2.95. The molecule has 0 spiro atoms. The van der Waals surface area contributed by atoms with Crippen molar-refractivity contribution in [2.24, 2.45) is 11.8 Å². The summed E-state index contributed by atoms with van der Waals surface area (Å²) in [6, 6.07) is 8.24. The Kier molecular flexibility index (Phi) is 7.36. The largest absolute Gasteiger partial charge is 0.492 e. The third kappa shape index (κ3) is 5.59. The molecule has 2 aromatic carbocycles. The quantitative estimate of drug-likeness (QED) is 0.295. The van der Waals surface area contributed by atoms with Crippen molar-refractivity contribution in [2.75, 3.05) is 13.2 Å². The second-order valence-electron chi connectivity index (χ2n) is 9.63. The van der Waals surface area contributed by atoms with Gasteiger partial charge in [0.2, 0.25) is 0 Å². The summed E-state index contributed by atoms with van der Waals surface area (Å²) in [6.07, 6.45) is 5.06. The highest BCUT2D eigenvalue weighted by atomic mass is 79.9. The van der Waals surface area contributed by atoms with Gasteiger partial charge in [-0.15, -0.1) is 0 Å². The Morgan fingerprint density at radius 1 is 0.812 bits per heavy atom. The summed E-state index contributed by atoms with van der Waals surface area (Å²) >= 11 is 7.31. The number of ketones is 1. The molecule has 2 fully saturated rings. The lowest BCUT2D eigenvalue weighted by atomic mass is 9.83. The Bertz CT molecular complexity index is 929. The van der Waals surface area contributed by atoms with Gasteiger partial charge in [-0.25, -0.2) is 0 Å². The number of rotatable bonds is 10. The van der Waals surface area contributed by atoms with E-state index < -0.39 is 0 Å². The zero-order chi connectivity index (χ0) is 23.0. The molecule has 2 aliphatic carbocycles. The van der Waals surface area contributed by atoms with Crippen molar-refractivity contribution >= 4 is 37.6 Å². The molecule has 3 nitrogen and oxygen atoms in total. The van der Waals surface area contributed by atoms with E-state index in [0.717, 1.165) is 55.9 Å². The second-order valence-corrected chi connectivity index (χ2v) is 11.3. The Balaban J connectivity index is 1.49. The van der Waals surface area contributed by atoms with Crippen LogP contribution in [0.15, 0.2) is 33.2 Å². The van der Waals surface area contributed by atoms with E-state index in [1.54, 1.807) is 0 Å². The number of aryl methyl sites for hydroxylation is 2. The van der Waals surface area contributed by atoms with Crippen LogP contribution in [0.1, 0.15) is 73.6 Å². The number of benzene rings is 2. The van der Waals surface area contributed by atoms with Crippen LogP contribution in [-0.2, 0) is 4.79 Å². The number of halogens is 2. The van der Waals surface area contributed by atoms with Gasteiger partial charge in [0.1, 0.15) is 17.3 Å².